The molecule has 1 fully saturated rings. The molecule has 2 heterocycles. The van der Waals surface area contributed by atoms with Gasteiger partial charge in [0.1, 0.15) is 5.69 Å². The summed E-state index contributed by atoms with van der Waals surface area (Å²) in [5.41, 5.74) is 1.41. The van der Waals surface area contributed by atoms with E-state index in [4.69, 9.17) is 16.6 Å². The Balaban J connectivity index is 1.90. The number of halogens is 1. The number of hydrogen-bond donors (Lipinski definition) is 0. The third kappa shape index (κ3) is 4.23. The van der Waals surface area contributed by atoms with Gasteiger partial charge < -0.3 is 4.90 Å². The minimum absolute atomic E-state index is 0.0322. The van der Waals surface area contributed by atoms with E-state index in [2.05, 4.69) is 23.7 Å². The molecular formula is C23H23ClN4O2S. The Hall–Kier alpha value is -2.69. The second kappa shape index (κ2) is 8.45. The smallest absolute Gasteiger partial charge is 0.200 e. The SMILES string of the molecule is C[C@@H]1C[C@@H](C)CN(c2nc3ccccc3nc2[C@H](C#N)S(=O)(=O)c2ccc(Cl)cc2)C1. The molecule has 0 aliphatic carbocycles. The third-order valence-electron chi connectivity index (χ3n) is 5.56. The molecule has 0 N–H and O–H groups in total. The summed E-state index contributed by atoms with van der Waals surface area (Å²) in [5, 5.41) is 8.94. The van der Waals surface area contributed by atoms with E-state index in [1.54, 1.807) is 6.07 Å². The highest BCUT2D eigenvalue weighted by molar-refractivity contribution is 7.92. The average molecular weight is 455 g/mol. The maximum absolute atomic E-state index is 13.4. The lowest BCUT2D eigenvalue weighted by molar-refractivity contribution is 0.355. The molecule has 3 atom stereocenters. The van der Waals surface area contributed by atoms with Gasteiger partial charge in [0.2, 0.25) is 9.84 Å². The number of anilines is 1. The molecule has 8 heteroatoms. The molecule has 31 heavy (non-hydrogen) atoms. The average Bonchev–Trinajstić information content (AvgIpc) is 2.73. The maximum Gasteiger partial charge on any atom is 0.200 e. The lowest BCUT2D eigenvalue weighted by Gasteiger charge is -2.36. The van der Waals surface area contributed by atoms with Crippen molar-refractivity contribution in [2.75, 3.05) is 18.0 Å². The standard InChI is InChI=1S/C23H23ClN4O2S/c1-15-11-16(2)14-28(13-15)23-22(26-19-5-3-4-6-20(19)27-23)21(12-25)31(29,30)18-9-7-17(24)8-10-18/h3-10,15-16,21H,11,13-14H2,1-2H3/t15-,16-,21+/m1/s1. The van der Waals surface area contributed by atoms with Crippen LogP contribution in [0.5, 0.6) is 0 Å². The van der Waals surface area contributed by atoms with E-state index in [0.29, 0.717) is 33.7 Å². The number of nitrogens with zero attached hydrogens (tertiary/aromatic N) is 4. The van der Waals surface area contributed by atoms with Gasteiger partial charge in [-0.3, -0.25) is 0 Å². The summed E-state index contributed by atoms with van der Waals surface area (Å²) in [7, 11) is -4.03. The number of piperidine rings is 1. The fourth-order valence-corrected chi connectivity index (χ4v) is 5.79. The van der Waals surface area contributed by atoms with Gasteiger partial charge in [0.05, 0.1) is 22.0 Å². The number of benzene rings is 2. The lowest BCUT2D eigenvalue weighted by Crippen LogP contribution is -2.40. The Morgan fingerprint density at radius 1 is 1.03 bits per heavy atom. The second-order valence-electron chi connectivity index (χ2n) is 8.28. The van der Waals surface area contributed by atoms with E-state index in [0.717, 1.165) is 19.5 Å². The molecule has 4 rings (SSSR count). The van der Waals surface area contributed by atoms with Crippen LogP contribution >= 0.6 is 11.6 Å². The van der Waals surface area contributed by atoms with Gasteiger partial charge in [0.15, 0.2) is 11.1 Å². The highest BCUT2D eigenvalue weighted by atomic mass is 35.5. The molecule has 1 aliphatic rings. The molecule has 6 nitrogen and oxygen atoms in total. The molecule has 160 valence electrons. The van der Waals surface area contributed by atoms with Crippen molar-refractivity contribution in [1.29, 1.82) is 5.26 Å². The first-order valence-electron chi connectivity index (χ1n) is 10.2. The van der Waals surface area contributed by atoms with Crippen LogP contribution in [0.2, 0.25) is 5.02 Å². The molecular weight excluding hydrogens is 432 g/mol. The van der Waals surface area contributed by atoms with Gasteiger partial charge >= 0.3 is 0 Å². The first-order chi connectivity index (χ1) is 14.8. The summed E-state index contributed by atoms with van der Waals surface area (Å²) in [4.78, 5) is 11.5. The zero-order chi connectivity index (χ0) is 22.2. The molecule has 1 aliphatic heterocycles. The lowest BCUT2D eigenvalue weighted by atomic mass is 9.92. The minimum atomic E-state index is -4.03. The van der Waals surface area contributed by atoms with E-state index in [1.807, 2.05) is 24.3 Å². The van der Waals surface area contributed by atoms with E-state index in [9.17, 15) is 13.7 Å². The van der Waals surface area contributed by atoms with Crippen LogP contribution in [-0.4, -0.2) is 31.5 Å². The number of rotatable bonds is 4. The zero-order valence-electron chi connectivity index (χ0n) is 17.4. The summed E-state index contributed by atoms with van der Waals surface area (Å²) >= 11 is 5.92. The summed E-state index contributed by atoms with van der Waals surface area (Å²) in [6.07, 6.45) is 1.09. The van der Waals surface area contributed by atoms with Crippen molar-refractivity contribution < 1.29 is 8.42 Å². The molecule has 0 spiro atoms. The highest BCUT2D eigenvalue weighted by Gasteiger charge is 2.36. The first-order valence-corrected chi connectivity index (χ1v) is 12.1. The van der Waals surface area contributed by atoms with Gasteiger partial charge in [-0.2, -0.15) is 5.26 Å². The second-order valence-corrected chi connectivity index (χ2v) is 10.7. The molecule has 0 unspecified atom stereocenters. The van der Waals surface area contributed by atoms with Crippen molar-refractivity contribution in [3.8, 4) is 6.07 Å². The highest BCUT2D eigenvalue weighted by Crippen LogP contribution is 2.36. The fourth-order valence-electron chi connectivity index (χ4n) is 4.29. The van der Waals surface area contributed by atoms with Crippen LogP contribution in [-0.2, 0) is 9.84 Å². The monoisotopic (exact) mass is 454 g/mol. The topological polar surface area (TPSA) is 86.9 Å². The Labute approximate surface area is 187 Å². The van der Waals surface area contributed by atoms with Gasteiger partial charge in [0, 0.05) is 18.1 Å². The summed E-state index contributed by atoms with van der Waals surface area (Å²) < 4.78 is 26.8. The van der Waals surface area contributed by atoms with E-state index in [1.165, 1.54) is 24.3 Å². The molecule has 1 aromatic heterocycles. The minimum Gasteiger partial charge on any atom is -0.354 e. The molecule has 3 aromatic rings. The number of aromatic nitrogens is 2. The van der Waals surface area contributed by atoms with Crippen LogP contribution in [0.4, 0.5) is 5.82 Å². The van der Waals surface area contributed by atoms with Crippen LogP contribution in [0.15, 0.2) is 53.4 Å². The van der Waals surface area contributed by atoms with Crippen molar-refractivity contribution in [3.63, 3.8) is 0 Å². The van der Waals surface area contributed by atoms with Crippen LogP contribution in [0.25, 0.3) is 11.0 Å². The Morgan fingerprint density at radius 2 is 1.61 bits per heavy atom. The van der Waals surface area contributed by atoms with Crippen molar-refractivity contribution in [2.24, 2.45) is 11.8 Å². The van der Waals surface area contributed by atoms with Gasteiger partial charge in [-0.05, 0) is 54.7 Å². The molecule has 0 saturated carbocycles. The van der Waals surface area contributed by atoms with Crippen molar-refractivity contribution >= 4 is 38.3 Å². The predicted octanol–water partition coefficient (Wildman–Crippen LogP) is 4.80. The maximum atomic E-state index is 13.4. The number of fused-ring (bicyclic) bond motifs is 1. The van der Waals surface area contributed by atoms with Crippen LogP contribution in [0.1, 0.15) is 31.2 Å². The predicted molar refractivity (Wildman–Crippen MR) is 122 cm³/mol. The third-order valence-corrected chi connectivity index (χ3v) is 7.70. The van der Waals surface area contributed by atoms with Crippen molar-refractivity contribution in [2.45, 2.75) is 30.4 Å². The zero-order valence-corrected chi connectivity index (χ0v) is 18.9. The number of para-hydroxylation sites is 2. The Morgan fingerprint density at radius 3 is 2.19 bits per heavy atom. The largest absolute Gasteiger partial charge is 0.354 e. The van der Waals surface area contributed by atoms with Crippen molar-refractivity contribution in [1.82, 2.24) is 9.97 Å². The van der Waals surface area contributed by atoms with Crippen LogP contribution in [0, 0.1) is 23.2 Å². The number of sulfone groups is 1. The molecule has 0 bridgehead atoms. The first kappa shape index (κ1) is 21.5. The molecule has 2 aromatic carbocycles. The van der Waals surface area contributed by atoms with Gasteiger partial charge in [-0.25, -0.2) is 18.4 Å². The Kier molecular flexibility index (Phi) is 5.87. The van der Waals surface area contributed by atoms with E-state index in [-0.39, 0.29) is 10.6 Å². The molecule has 1 saturated heterocycles. The van der Waals surface area contributed by atoms with Gasteiger partial charge in [-0.1, -0.05) is 37.6 Å². The van der Waals surface area contributed by atoms with E-state index < -0.39 is 15.1 Å². The quantitative estimate of drug-likeness (QED) is 0.562. The van der Waals surface area contributed by atoms with Crippen molar-refractivity contribution in [3.05, 3.63) is 59.2 Å². The van der Waals surface area contributed by atoms with E-state index >= 15 is 0 Å². The summed E-state index contributed by atoms with van der Waals surface area (Å²) in [6.45, 7) is 5.82. The summed E-state index contributed by atoms with van der Waals surface area (Å²) in [6, 6.07) is 15.1. The number of hydrogen-bond acceptors (Lipinski definition) is 6. The molecule has 0 radical (unpaired) electrons. The van der Waals surface area contributed by atoms with Gasteiger partial charge in [-0.15, -0.1) is 0 Å². The normalized spacial score (nSPS) is 20.4. The summed E-state index contributed by atoms with van der Waals surface area (Å²) in [5.74, 6) is 1.33. The number of nitriles is 1. The van der Waals surface area contributed by atoms with Crippen LogP contribution < -0.4 is 4.90 Å². The van der Waals surface area contributed by atoms with Gasteiger partial charge in [0.25, 0.3) is 0 Å². The molecule has 0 amide bonds. The van der Waals surface area contributed by atoms with Crippen LogP contribution in [0.3, 0.4) is 0 Å². The fraction of sp³-hybridized carbons (Fsp3) is 0.348. The Bertz CT molecular complexity index is 1240.